The van der Waals surface area contributed by atoms with Crippen LogP contribution in [-0.2, 0) is 4.79 Å². The number of hydrogen-bond acceptors (Lipinski definition) is 3. The van der Waals surface area contributed by atoms with Gasteiger partial charge in [0.1, 0.15) is 5.75 Å². The van der Waals surface area contributed by atoms with Gasteiger partial charge in [-0.3, -0.25) is 9.59 Å². The van der Waals surface area contributed by atoms with Gasteiger partial charge in [-0.2, -0.15) is 0 Å². The maximum Gasteiger partial charge on any atom is 0.251 e. The van der Waals surface area contributed by atoms with Gasteiger partial charge in [-0.05, 0) is 43.7 Å². The molecule has 0 saturated heterocycles. The van der Waals surface area contributed by atoms with Gasteiger partial charge in [-0.15, -0.1) is 0 Å². The maximum atomic E-state index is 12.0. The molecule has 2 N–H and O–H groups in total. The molecular formula is C19H22N2O3. The van der Waals surface area contributed by atoms with Gasteiger partial charge < -0.3 is 15.4 Å². The average molecular weight is 326 g/mol. The van der Waals surface area contributed by atoms with Crippen molar-refractivity contribution in [1.82, 2.24) is 10.6 Å². The number of benzene rings is 2. The highest BCUT2D eigenvalue weighted by Gasteiger charge is 2.11. The zero-order valence-electron chi connectivity index (χ0n) is 13.9. The number of carbonyl (C=O) groups excluding carboxylic acids is 2. The molecular weight excluding hydrogens is 304 g/mol. The molecule has 5 heteroatoms. The smallest absolute Gasteiger partial charge is 0.251 e. The van der Waals surface area contributed by atoms with Crippen molar-refractivity contribution in [2.75, 3.05) is 13.2 Å². The van der Waals surface area contributed by atoms with Gasteiger partial charge in [0.05, 0.1) is 19.2 Å². The highest BCUT2D eigenvalue weighted by molar-refractivity contribution is 5.96. The third kappa shape index (κ3) is 5.12. The molecule has 1 atom stereocenters. The monoisotopic (exact) mass is 326 g/mol. The van der Waals surface area contributed by atoms with Crippen molar-refractivity contribution in [3.05, 3.63) is 65.7 Å². The molecule has 2 aromatic rings. The maximum absolute atomic E-state index is 12.0. The van der Waals surface area contributed by atoms with Crippen molar-refractivity contribution >= 4 is 11.8 Å². The van der Waals surface area contributed by atoms with Crippen LogP contribution in [0, 0.1) is 0 Å². The summed E-state index contributed by atoms with van der Waals surface area (Å²) in [5.74, 6) is 0.190. The lowest BCUT2D eigenvalue weighted by Gasteiger charge is -2.14. The van der Waals surface area contributed by atoms with Crippen LogP contribution in [0.4, 0.5) is 0 Å². The Hall–Kier alpha value is -2.82. The fourth-order valence-corrected chi connectivity index (χ4v) is 2.25. The summed E-state index contributed by atoms with van der Waals surface area (Å²) in [5.41, 5.74) is 1.51. The molecule has 0 bridgehead atoms. The first-order valence-electron chi connectivity index (χ1n) is 7.95. The topological polar surface area (TPSA) is 67.4 Å². The van der Waals surface area contributed by atoms with E-state index in [-0.39, 0.29) is 24.4 Å². The van der Waals surface area contributed by atoms with Crippen molar-refractivity contribution in [2.24, 2.45) is 0 Å². The van der Waals surface area contributed by atoms with Crippen LogP contribution in [-0.4, -0.2) is 25.0 Å². The molecule has 2 amide bonds. The van der Waals surface area contributed by atoms with E-state index in [1.807, 2.05) is 44.2 Å². The van der Waals surface area contributed by atoms with E-state index in [2.05, 4.69) is 10.6 Å². The number of ether oxygens (including phenoxy) is 1. The number of rotatable bonds is 7. The third-order valence-electron chi connectivity index (χ3n) is 3.51. The van der Waals surface area contributed by atoms with Gasteiger partial charge in [0, 0.05) is 5.56 Å². The highest BCUT2D eigenvalue weighted by Crippen LogP contribution is 2.12. The van der Waals surface area contributed by atoms with Crippen LogP contribution in [0.3, 0.4) is 0 Å². The molecule has 2 rings (SSSR count). The van der Waals surface area contributed by atoms with E-state index in [9.17, 15) is 9.59 Å². The standard InChI is InChI=1S/C19H22N2O3/c1-3-24-17-11-9-16(10-12-17)19(23)20-13-18(22)21-14(2)15-7-5-4-6-8-15/h4-12,14H,3,13H2,1-2H3,(H,20,23)(H,21,22). The van der Waals surface area contributed by atoms with E-state index in [1.54, 1.807) is 24.3 Å². The van der Waals surface area contributed by atoms with E-state index >= 15 is 0 Å². The molecule has 0 heterocycles. The third-order valence-corrected chi connectivity index (χ3v) is 3.51. The Bertz CT molecular complexity index is 669. The molecule has 5 nitrogen and oxygen atoms in total. The summed E-state index contributed by atoms with van der Waals surface area (Å²) in [7, 11) is 0. The normalized spacial score (nSPS) is 11.4. The van der Waals surface area contributed by atoms with E-state index < -0.39 is 0 Å². The fourth-order valence-electron chi connectivity index (χ4n) is 2.25. The van der Waals surface area contributed by atoms with E-state index in [0.717, 1.165) is 5.56 Å². The van der Waals surface area contributed by atoms with Crippen molar-refractivity contribution < 1.29 is 14.3 Å². The molecule has 0 fully saturated rings. The second-order valence-corrected chi connectivity index (χ2v) is 5.34. The molecule has 0 saturated carbocycles. The molecule has 0 radical (unpaired) electrons. The summed E-state index contributed by atoms with van der Waals surface area (Å²) in [6.45, 7) is 4.31. The van der Waals surface area contributed by atoms with E-state index in [4.69, 9.17) is 4.74 Å². The van der Waals surface area contributed by atoms with Crippen LogP contribution in [0.5, 0.6) is 5.75 Å². The molecule has 24 heavy (non-hydrogen) atoms. The van der Waals surface area contributed by atoms with E-state index in [1.165, 1.54) is 0 Å². The van der Waals surface area contributed by atoms with Gasteiger partial charge in [0.15, 0.2) is 0 Å². The van der Waals surface area contributed by atoms with Crippen molar-refractivity contribution in [3.8, 4) is 5.75 Å². The summed E-state index contributed by atoms with van der Waals surface area (Å²) in [4.78, 5) is 24.0. The molecule has 0 aliphatic carbocycles. The first-order valence-corrected chi connectivity index (χ1v) is 7.95. The Balaban J connectivity index is 1.81. The molecule has 126 valence electrons. The first-order chi connectivity index (χ1) is 11.6. The lowest BCUT2D eigenvalue weighted by Crippen LogP contribution is -2.38. The second kappa shape index (κ2) is 8.72. The quantitative estimate of drug-likeness (QED) is 0.822. The lowest BCUT2D eigenvalue weighted by molar-refractivity contribution is -0.120. The predicted molar refractivity (Wildman–Crippen MR) is 92.9 cm³/mol. The molecule has 0 aliphatic rings. The number of amides is 2. The number of nitrogens with one attached hydrogen (secondary N) is 2. The van der Waals surface area contributed by atoms with Crippen molar-refractivity contribution in [1.29, 1.82) is 0 Å². The van der Waals surface area contributed by atoms with Crippen LogP contribution < -0.4 is 15.4 Å². The van der Waals surface area contributed by atoms with Crippen LogP contribution >= 0.6 is 0 Å². The average Bonchev–Trinajstić information content (AvgIpc) is 2.61. The number of carbonyl (C=O) groups is 2. The van der Waals surface area contributed by atoms with Gasteiger partial charge in [-0.1, -0.05) is 30.3 Å². The fraction of sp³-hybridized carbons (Fsp3) is 0.263. The lowest BCUT2D eigenvalue weighted by atomic mass is 10.1. The molecule has 0 spiro atoms. The zero-order chi connectivity index (χ0) is 17.4. The Morgan fingerprint density at radius 2 is 1.71 bits per heavy atom. The van der Waals surface area contributed by atoms with Gasteiger partial charge >= 0.3 is 0 Å². The molecule has 1 unspecified atom stereocenters. The Labute approximate surface area is 142 Å². The van der Waals surface area contributed by atoms with Crippen LogP contribution in [0.1, 0.15) is 35.8 Å². The molecule has 0 aromatic heterocycles. The Morgan fingerprint density at radius 1 is 1.04 bits per heavy atom. The Kier molecular flexibility index (Phi) is 6.37. The highest BCUT2D eigenvalue weighted by atomic mass is 16.5. The minimum absolute atomic E-state index is 0.0663. The SMILES string of the molecule is CCOc1ccc(C(=O)NCC(=O)NC(C)c2ccccc2)cc1. The largest absolute Gasteiger partial charge is 0.494 e. The van der Waals surface area contributed by atoms with Crippen LogP contribution in [0.15, 0.2) is 54.6 Å². The second-order valence-electron chi connectivity index (χ2n) is 5.34. The van der Waals surface area contributed by atoms with Crippen LogP contribution in [0.2, 0.25) is 0 Å². The van der Waals surface area contributed by atoms with Crippen LogP contribution in [0.25, 0.3) is 0 Å². The van der Waals surface area contributed by atoms with Gasteiger partial charge in [-0.25, -0.2) is 0 Å². The molecule has 2 aromatic carbocycles. The van der Waals surface area contributed by atoms with Gasteiger partial charge in [0.2, 0.25) is 5.91 Å². The summed E-state index contributed by atoms with van der Waals surface area (Å²) >= 11 is 0. The minimum atomic E-state index is -0.291. The summed E-state index contributed by atoms with van der Waals surface area (Å²) in [6, 6.07) is 16.4. The first kappa shape index (κ1) is 17.5. The summed E-state index contributed by atoms with van der Waals surface area (Å²) in [6.07, 6.45) is 0. The Morgan fingerprint density at radius 3 is 2.33 bits per heavy atom. The van der Waals surface area contributed by atoms with E-state index in [0.29, 0.717) is 17.9 Å². The predicted octanol–water partition coefficient (Wildman–Crippen LogP) is 2.69. The molecule has 0 aliphatic heterocycles. The zero-order valence-corrected chi connectivity index (χ0v) is 13.9. The van der Waals surface area contributed by atoms with Gasteiger partial charge in [0.25, 0.3) is 5.91 Å². The number of hydrogen-bond donors (Lipinski definition) is 2. The summed E-state index contributed by atoms with van der Waals surface area (Å²) < 4.78 is 5.33. The van der Waals surface area contributed by atoms with Crippen molar-refractivity contribution in [2.45, 2.75) is 19.9 Å². The van der Waals surface area contributed by atoms with Crippen molar-refractivity contribution in [3.63, 3.8) is 0 Å². The summed E-state index contributed by atoms with van der Waals surface area (Å²) in [5, 5.41) is 5.47. The minimum Gasteiger partial charge on any atom is -0.494 e.